The normalized spacial score (nSPS) is 17.8. The molecule has 3 rings (SSSR count). The predicted octanol–water partition coefficient (Wildman–Crippen LogP) is 0.963. The van der Waals surface area contributed by atoms with Gasteiger partial charge in [-0.05, 0) is 32.1 Å². The molecule has 8 heteroatoms. The number of hydrogen-bond acceptors (Lipinski definition) is 7. The van der Waals surface area contributed by atoms with Crippen LogP contribution in [0.1, 0.15) is 23.0 Å². The van der Waals surface area contributed by atoms with Crippen molar-refractivity contribution in [1.82, 2.24) is 25.3 Å². The van der Waals surface area contributed by atoms with Gasteiger partial charge in [0.1, 0.15) is 11.0 Å². The van der Waals surface area contributed by atoms with Crippen LogP contribution in [0.15, 0.2) is 30.3 Å². The number of benzene rings is 1. The molecule has 1 aromatic carbocycles. The van der Waals surface area contributed by atoms with E-state index in [0.717, 1.165) is 38.2 Å². The van der Waals surface area contributed by atoms with Gasteiger partial charge in [-0.25, -0.2) is 0 Å². The van der Waals surface area contributed by atoms with E-state index in [1.165, 1.54) is 11.3 Å². The summed E-state index contributed by atoms with van der Waals surface area (Å²) < 4.78 is 0. The zero-order valence-corrected chi connectivity index (χ0v) is 15.2. The van der Waals surface area contributed by atoms with Crippen LogP contribution in [0.2, 0.25) is 0 Å². The Labute approximate surface area is 151 Å². The van der Waals surface area contributed by atoms with Crippen LogP contribution >= 0.6 is 11.3 Å². The van der Waals surface area contributed by atoms with Crippen molar-refractivity contribution < 1.29 is 4.79 Å². The third-order valence-electron chi connectivity index (χ3n) is 4.32. The fourth-order valence-electron chi connectivity index (χ4n) is 2.96. The minimum Gasteiger partial charge on any atom is -0.374 e. The summed E-state index contributed by atoms with van der Waals surface area (Å²) in [5.41, 5.74) is 6.70. The minimum atomic E-state index is -0.321. The maximum Gasteiger partial charge on any atom is 0.235 e. The number of rotatable bonds is 5. The highest BCUT2D eigenvalue weighted by Crippen LogP contribution is 2.25. The van der Waals surface area contributed by atoms with Gasteiger partial charge in [-0.1, -0.05) is 41.7 Å². The first-order chi connectivity index (χ1) is 12.1. The van der Waals surface area contributed by atoms with Crippen LogP contribution in [0.4, 0.5) is 5.13 Å². The number of nitrogens with zero attached hydrogens (tertiary/aromatic N) is 4. The van der Waals surface area contributed by atoms with E-state index >= 15 is 0 Å². The van der Waals surface area contributed by atoms with Crippen LogP contribution in [0.5, 0.6) is 0 Å². The Balaban J connectivity index is 1.68. The Morgan fingerprint density at radius 1 is 1.24 bits per heavy atom. The van der Waals surface area contributed by atoms with E-state index < -0.39 is 0 Å². The molecular formula is C17H24N6OS. The molecule has 7 nitrogen and oxygen atoms in total. The Bertz CT molecular complexity index is 691. The zero-order valence-electron chi connectivity index (χ0n) is 14.4. The van der Waals surface area contributed by atoms with E-state index in [2.05, 4.69) is 32.4 Å². The monoisotopic (exact) mass is 360 g/mol. The van der Waals surface area contributed by atoms with E-state index in [1.54, 1.807) is 0 Å². The topological polar surface area (TPSA) is 87.4 Å². The Hall–Kier alpha value is -2.03. The zero-order chi connectivity index (χ0) is 17.6. The molecule has 3 N–H and O–H groups in total. The van der Waals surface area contributed by atoms with Crippen LogP contribution in [0.25, 0.3) is 0 Å². The molecule has 1 atom stereocenters. The van der Waals surface area contributed by atoms with Gasteiger partial charge in [-0.3, -0.25) is 9.69 Å². The van der Waals surface area contributed by atoms with Crippen molar-refractivity contribution in [2.75, 3.05) is 45.5 Å². The van der Waals surface area contributed by atoms with Crippen molar-refractivity contribution in [2.45, 2.75) is 12.5 Å². The molecule has 25 heavy (non-hydrogen) atoms. The number of hydrogen-bond donors (Lipinski definition) is 2. The second-order valence-corrected chi connectivity index (χ2v) is 7.36. The predicted molar refractivity (Wildman–Crippen MR) is 99.3 cm³/mol. The molecule has 0 spiro atoms. The Kier molecular flexibility index (Phi) is 5.95. The number of amides is 1. The van der Waals surface area contributed by atoms with Crippen LogP contribution < -0.4 is 11.1 Å². The van der Waals surface area contributed by atoms with Gasteiger partial charge in [0, 0.05) is 13.1 Å². The molecule has 2 heterocycles. The van der Waals surface area contributed by atoms with E-state index in [1.807, 2.05) is 30.3 Å². The van der Waals surface area contributed by atoms with Crippen molar-refractivity contribution in [3.05, 3.63) is 40.9 Å². The fraction of sp³-hybridized carbons (Fsp3) is 0.471. The molecule has 134 valence electrons. The largest absolute Gasteiger partial charge is 0.374 e. The molecular weight excluding hydrogens is 336 g/mol. The number of carbonyl (C=O) groups excluding carboxylic acids is 1. The van der Waals surface area contributed by atoms with Gasteiger partial charge in [0.05, 0.1) is 6.54 Å². The standard InChI is InChI=1S/C17H24N6OS/c1-22-8-5-9-23(11-10-22)12-14(24)19-15(13-6-3-2-4-7-13)16-20-21-17(18)25-16/h2-4,6-7,15H,5,8-12H2,1H3,(H2,18,21)(H,19,24). The molecule has 0 bridgehead atoms. The molecule has 1 saturated heterocycles. The second-order valence-electron chi connectivity index (χ2n) is 6.32. The van der Waals surface area contributed by atoms with Crippen LogP contribution in [-0.4, -0.2) is 65.7 Å². The third-order valence-corrected chi connectivity index (χ3v) is 5.14. The summed E-state index contributed by atoms with van der Waals surface area (Å²) in [6.45, 7) is 4.31. The Morgan fingerprint density at radius 3 is 2.76 bits per heavy atom. The van der Waals surface area contributed by atoms with E-state index in [4.69, 9.17) is 5.73 Å². The molecule has 2 aromatic rings. The van der Waals surface area contributed by atoms with E-state index in [-0.39, 0.29) is 11.9 Å². The number of likely N-dealkylation sites (N-methyl/N-ethyl adjacent to an activating group) is 1. The first kappa shape index (κ1) is 17.8. The molecule has 1 unspecified atom stereocenters. The molecule has 1 amide bonds. The lowest BCUT2D eigenvalue weighted by atomic mass is 10.1. The smallest absolute Gasteiger partial charge is 0.235 e. The average molecular weight is 360 g/mol. The number of nitrogen functional groups attached to an aromatic ring is 1. The van der Waals surface area contributed by atoms with Gasteiger partial charge in [0.25, 0.3) is 0 Å². The second kappa shape index (κ2) is 8.37. The van der Waals surface area contributed by atoms with Crippen molar-refractivity contribution in [3.8, 4) is 0 Å². The van der Waals surface area contributed by atoms with Crippen molar-refractivity contribution in [3.63, 3.8) is 0 Å². The van der Waals surface area contributed by atoms with Crippen LogP contribution in [-0.2, 0) is 4.79 Å². The lowest BCUT2D eigenvalue weighted by Crippen LogP contribution is -2.40. The molecule has 1 aliphatic rings. The number of aromatic nitrogens is 2. The molecule has 1 aliphatic heterocycles. The maximum absolute atomic E-state index is 12.6. The third kappa shape index (κ3) is 4.97. The summed E-state index contributed by atoms with van der Waals surface area (Å²) in [5, 5.41) is 12.2. The summed E-state index contributed by atoms with van der Waals surface area (Å²) in [4.78, 5) is 17.1. The van der Waals surface area contributed by atoms with Crippen LogP contribution in [0, 0.1) is 0 Å². The highest BCUT2D eigenvalue weighted by molar-refractivity contribution is 7.15. The molecule has 1 fully saturated rings. The summed E-state index contributed by atoms with van der Waals surface area (Å²) in [6.07, 6.45) is 1.08. The Morgan fingerprint density at radius 2 is 2.04 bits per heavy atom. The molecule has 1 aromatic heterocycles. The minimum absolute atomic E-state index is 0.00724. The number of nitrogens with two attached hydrogens (primary N) is 1. The molecule has 0 radical (unpaired) electrons. The van der Waals surface area contributed by atoms with Gasteiger partial charge >= 0.3 is 0 Å². The highest BCUT2D eigenvalue weighted by atomic mass is 32.1. The van der Waals surface area contributed by atoms with Crippen molar-refractivity contribution in [2.24, 2.45) is 0 Å². The number of carbonyl (C=O) groups is 1. The highest BCUT2D eigenvalue weighted by Gasteiger charge is 2.22. The number of nitrogens with one attached hydrogen (secondary N) is 1. The van der Waals surface area contributed by atoms with Gasteiger partial charge in [-0.15, -0.1) is 10.2 Å². The first-order valence-corrected chi connectivity index (χ1v) is 9.27. The van der Waals surface area contributed by atoms with E-state index in [9.17, 15) is 4.79 Å². The fourth-order valence-corrected chi connectivity index (χ4v) is 3.65. The molecule has 0 aliphatic carbocycles. The summed E-state index contributed by atoms with van der Waals surface area (Å²) >= 11 is 1.30. The quantitative estimate of drug-likeness (QED) is 0.826. The van der Waals surface area contributed by atoms with Gasteiger partial charge in [0.2, 0.25) is 11.0 Å². The summed E-state index contributed by atoms with van der Waals surface area (Å²) in [6, 6.07) is 9.47. The SMILES string of the molecule is CN1CCCN(CC(=O)NC(c2ccccc2)c2nnc(N)s2)CC1. The summed E-state index contributed by atoms with van der Waals surface area (Å²) in [5.74, 6) is -0.00724. The van der Waals surface area contributed by atoms with Gasteiger partial charge in [0.15, 0.2) is 0 Å². The summed E-state index contributed by atoms with van der Waals surface area (Å²) in [7, 11) is 2.12. The van der Waals surface area contributed by atoms with Crippen molar-refractivity contribution >= 4 is 22.4 Å². The first-order valence-electron chi connectivity index (χ1n) is 8.46. The van der Waals surface area contributed by atoms with Crippen LogP contribution in [0.3, 0.4) is 0 Å². The van der Waals surface area contributed by atoms with E-state index in [0.29, 0.717) is 16.7 Å². The maximum atomic E-state index is 12.6. The lowest BCUT2D eigenvalue weighted by Gasteiger charge is -2.22. The number of anilines is 1. The molecule has 0 saturated carbocycles. The average Bonchev–Trinajstić information content (AvgIpc) is 2.93. The lowest BCUT2D eigenvalue weighted by molar-refractivity contribution is -0.122. The van der Waals surface area contributed by atoms with Gasteiger partial charge in [-0.2, -0.15) is 0 Å². The van der Waals surface area contributed by atoms with Gasteiger partial charge < -0.3 is 16.0 Å². The van der Waals surface area contributed by atoms with Crippen molar-refractivity contribution in [1.29, 1.82) is 0 Å².